The average Bonchev–Trinajstić information content (AvgIpc) is 2.76. The van der Waals surface area contributed by atoms with Crippen molar-refractivity contribution in [1.29, 1.82) is 5.26 Å². The molecule has 11 heteroatoms. The van der Waals surface area contributed by atoms with Gasteiger partial charge < -0.3 is 20.5 Å². The molecule has 0 fully saturated rings. The molecule has 0 saturated heterocycles. The minimum absolute atomic E-state index is 0.0112. The summed E-state index contributed by atoms with van der Waals surface area (Å²) in [6.07, 6.45) is -4.54. The first-order chi connectivity index (χ1) is 15.5. The quantitative estimate of drug-likeness (QED) is 0.351. The number of nitrogens with one attached hydrogen (secondary N) is 1. The van der Waals surface area contributed by atoms with Gasteiger partial charge in [-0.25, -0.2) is 4.79 Å². The maximum Gasteiger partial charge on any atom is 0.416 e. The molecule has 0 aliphatic carbocycles. The molecule has 0 spiro atoms. The summed E-state index contributed by atoms with van der Waals surface area (Å²) in [4.78, 5) is 35.8. The van der Waals surface area contributed by atoms with Crippen molar-refractivity contribution in [3.8, 4) is 11.8 Å². The van der Waals surface area contributed by atoms with Crippen molar-refractivity contribution in [2.24, 2.45) is 5.73 Å². The Kier molecular flexibility index (Phi) is 8.17. The van der Waals surface area contributed by atoms with Crippen LogP contribution >= 0.6 is 0 Å². The molecule has 172 valence electrons. The summed E-state index contributed by atoms with van der Waals surface area (Å²) in [6.45, 7) is 0.220. The van der Waals surface area contributed by atoms with Gasteiger partial charge in [-0.05, 0) is 49.4 Å². The van der Waals surface area contributed by atoms with Crippen LogP contribution < -0.4 is 15.8 Å². The Balaban J connectivity index is 1.87. The second-order valence-corrected chi connectivity index (χ2v) is 6.61. The van der Waals surface area contributed by atoms with Crippen molar-refractivity contribution in [2.75, 3.05) is 18.5 Å². The second kappa shape index (κ2) is 10.8. The molecule has 0 aliphatic rings. The van der Waals surface area contributed by atoms with E-state index in [1.807, 2.05) is 0 Å². The van der Waals surface area contributed by atoms with Gasteiger partial charge in [0, 0.05) is 11.4 Å². The van der Waals surface area contributed by atoms with Gasteiger partial charge in [0.2, 0.25) is 5.78 Å². The molecule has 2 aromatic carbocycles. The Labute approximate surface area is 186 Å². The number of nitrogens with zero attached hydrogens (tertiary/aromatic N) is 1. The van der Waals surface area contributed by atoms with Crippen LogP contribution in [0, 0.1) is 11.3 Å². The maximum atomic E-state index is 12.7. The number of rotatable bonds is 8. The zero-order valence-electron chi connectivity index (χ0n) is 17.2. The molecular weight excluding hydrogens is 443 g/mol. The lowest BCUT2D eigenvalue weighted by Crippen LogP contribution is -2.20. The molecule has 0 aliphatic heterocycles. The number of alkyl halides is 3. The summed E-state index contributed by atoms with van der Waals surface area (Å²) in [5, 5.41) is 11.2. The number of allylic oxidation sites excluding steroid dienone is 1. The van der Waals surface area contributed by atoms with Crippen molar-refractivity contribution in [2.45, 2.75) is 13.1 Å². The van der Waals surface area contributed by atoms with Gasteiger partial charge in [-0.2, -0.15) is 18.4 Å². The molecule has 0 unspecified atom stereocenters. The molecule has 0 aromatic heterocycles. The summed E-state index contributed by atoms with van der Waals surface area (Å²) >= 11 is 0. The number of esters is 1. The molecule has 8 nitrogen and oxygen atoms in total. The minimum atomic E-state index is -4.54. The highest BCUT2D eigenvalue weighted by Crippen LogP contribution is 2.30. The third kappa shape index (κ3) is 7.39. The largest absolute Gasteiger partial charge is 0.484 e. The van der Waals surface area contributed by atoms with E-state index >= 15 is 0 Å². The zero-order valence-corrected chi connectivity index (χ0v) is 17.2. The van der Waals surface area contributed by atoms with Crippen LogP contribution in [-0.2, 0) is 20.5 Å². The van der Waals surface area contributed by atoms with E-state index in [0.29, 0.717) is 0 Å². The van der Waals surface area contributed by atoms with E-state index in [9.17, 15) is 27.6 Å². The Bertz CT molecular complexity index is 1120. The number of amides is 1. The summed E-state index contributed by atoms with van der Waals surface area (Å²) in [7, 11) is 0. The van der Waals surface area contributed by atoms with Gasteiger partial charge in [-0.3, -0.25) is 9.59 Å². The number of hydrogen-bond acceptors (Lipinski definition) is 7. The van der Waals surface area contributed by atoms with Crippen LogP contribution in [0.3, 0.4) is 0 Å². The maximum absolute atomic E-state index is 12.7. The molecule has 3 N–H and O–H groups in total. The monoisotopic (exact) mass is 461 g/mol. The number of Topliss-reactive ketones (excluding diaryl/α,β-unsaturated/α-hetero) is 1. The van der Waals surface area contributed by atoms with Crippen molar-refractivity contribution >= 4 is 23.3 Å². The van der Waals surface area contributed by atoms with Gasteiger partial charge in [0.15, 0.2) is 13.2 Å². The van der Waals surface area contributed by atoms with Gasteiger partial charge >= 0.3 is 12.1 Å². The molecule has 0 saturated carbocycles. The van der Waals surface area contributed by atoms with E-state index in [-0.39, 0.29) is 28.3 Å². The van der Waals surface area contributed by atoms with Crippen molar-refractivity contribution < 1.29 is 37.0 Å². The predicted octanol–water partition coefficient (Wildman–Crippen LogP) is 3.21. The zero-order chi connectivity index (χ0) is 24.6. The van der Waals surface area contributed by atoms with Crippen LogP contribution in [0.25, 0.3) is 0 Å². The van der Waals surface area contributed by atoms with Gasteiger partial charge in [0.25, 0.3) is 5.91 Å². The van der Waals surface area contributed by atoms with Crippen LogP contribution in [0.1, 0.15) is 22.8 Å². The van der Waals surface area contributed by atoms with Gasteiger partial charge in [-0.1, -0.05) is 6.07 Å². The van der Waals surface area contributed by atoms with Crippen molar-refractivity contribution in [1.82, 2.24) is 0 Å². The number of halogens is 3. The highest BCUT2D eigenvalue weighted by Gasteiger charge is 2.30. The van der Waals surface area contributed by atoms with Crippen molar-refractivity contribution in [3.05, 3.63) is 70.9 Å². The van der Waals surface area contributed by atoms with Gasteiger partial charge in [0.1, 0.15) is 17.4 Å². The first kappa shape index (κ1) is 24.9. The van der Waals surface area contributed by atoms with Crippen LogP contribution in [0.15, 0.2) is 59.8 Å². The molecule has 2 rings (SSSR count). The number of carbonyl (C=O) groups excluding carboxylic acids is 3. The highest BCUT2D eigenvalue weighted by atomic mass is 19.4. The first-order valence-electron chi connectivity index (χ1n) is 9.28. The number of benzene rings is 2. The molecular formula is C22H18F3N3O5. The lowest BCUT2D eigenvalue weighted by Gasteiger charge is -2.11. The Morgan fingerprint density at radius 2 is 1.76 bits per heavy atom. The SMILES string of the molecule is C/C(N)=C(\C#N)C(=O)COC(=O)c1ccc(OCC(=O)Nc2cccc(C(F)(F)F)c2)cc1. The number of nitriles is 1. The molecule has 0 radical (unpaired) electrons. The Hall–Kier alpha value is -4.33. The van der Waals surface area contributed by atoms with E-state index in [1.165, 1.54) is 43.3 Å². The highest BCUT2D eigenvalue weighted by molar-refractivity contribution is 6.02. The third-order valence-corrected chi connectivity index (χ3v) is 4.05. The molecule has 0 heterocycles. The Morgan fingerprint density at radius 3 is 2.33 bits per heavy atom. The first-order valence-corrected chi connectivity index (χ1v) is 9.28. The lowest BCUT2D eigenvalue weighted by atomic mass is 10.1. The predicted molar refractivity (Wildman–Crippen MR) is 110 cm³/mol. The number of hydrogen-bond donors (Lipinski definition) is 2. The van der Waals surface area contributed by atoms with E-state index in [4.69, 9.17) is 20.5 Å². The van der Waals surface area contributed by atoms with E-state index < -0.39 is 42.6 Å². The molecule has 2 aromatic rings. The molecule has 0 atom stereocenters. The standard InChI is InChI=1S/C22H18F3N3O5/c1-13(27)18(10-26)19(29)11-33-21(31)14-5-7-17(8-6-14)32-12-20(30)28-16-4-2-3-15(9-16)22(23,24)25/h2-9H,11-12,27H2,1H3,(H,28,30)/b18-13-. The van der Waals surface area contributed by atoms with Gasteiger partial charge in [0.05, 0.1) is 11.1 Å². The number of nitrogens with two attached hydrogens (primary N) is 1. The fourth-order valence-corrected chi connectivity index (χ4v) is 2.46. The van der Waals surface area contributed by atoms with E-state index in [1.54, 1.807) is 6.07 Å². The molecule has 1 amide bonds. The average molecular weight is 461 g/mol. The molecule has 0 bridgehead atoms. The summed E-state index contributed by atoms with van der Waals surface area (Å²) in [5.41, 5.74) is 4.26. The normalized spacial score (nSPS) is 11.6. The fraction of sp³-hybridized carbons (Fsp3) is 0.182. The number of carbonyl (C=O) groups is 3. The summed E-state index contributed by atoms with van der Waals surface area (Å²) in [6, 6.07) is 11.2. The number of anilines is 1. The van der Waals surface area contributed by atoms with E-state index in [0.717, 1.165) is 12.1 Å². The fourth-order valence-electron chi connectivity index (χ4n) is 2.46. The Morgan fingerprint density at radius 1 is 1.09 bits per heavy atom. The summed E-state index contributed by atoms with van der Waals surface area (Å²) < 4.78 is 48.3. The smallest absolute Gasteiger partial charge is 0.416 e. The van der Waals surface area contributed by atoms with Crippen LogP contribution in [0.5, 0.6) is 5.75 Å². The lowest BCUT2D eigenvalue weighted by molar-refractivity contribution is -0.137. The second-order valence-electron chi connectivity index (χ2n) is 6.61. The van der Waals surface area contributed by atoms with Gasteiger partial charge in [-0.15, -0.1) is 0 Å². The van der Waals surface area contributed by atoms with Crippen LogP contribution in [0.4, 0.5) is 18.9 Å². The van der Waals surface area contributed by atoms with E-state index in [2.05, 4.69) is 5.32 Å². The molecule has 33 heavy (non-hydrogen) atoms. The van der Waals surface area contributed by atoms with Crippen LogP contribution in [-0.4, -0.2) is 30.9 Å². The number of ether oxygens (including phenoxy) is 2. The summed E-state index contributed by atoms with van der Waals surface area (Å²) in [5.74, 6) is -2.05. The minimum Gasteiger partial charge on any atom is -0.484 e. The number of ketones is 1. The third-order valence-electron chi connectivity index (χ3n) is 4.05. The van der Waals surface area contributed by atoms with Crippen LogP contribution in [0.2, 0.25) is 0 Å². The van der Waals surface area contributed by atoms with Crippen molar-refractivity contribution in [3.63, 3.8) is 0 Å². The topological polar surface area (TPSA) is 132 Å².